The van der Waals surface area contributed by atoms with Crippen LogP contribution in [0.25, 0.3) is 99.8 Å². The molecule has 0 bridgehead atoms. The fourth-order valence-electron chi connectivity index (χ4n) is 9.96. The van der Waals surface area contributed by atoms with E-state index in [4.69, 9.17) is 23.4 Å². The van der Waals surface area contributed by atoms with Crippen LogP contribution in [-0.4, -0.2) is 18.7 Å². The number of nitrogens with zero attached hydrogens (tertiary/aromatic N) is 5. The molecule has 0 aliphatic rings. The van der Waals surface area contributed by atoms with Gasteiger partial charge in [-0.05, 0) is 93.2 Å². The molecule has 4 aromatic heterocycles. The fourth-order valence-corrected chi connectivity index (χ4v) is 9.96. The summed E-state index contributed by atoms with van der Waals surface area (Å²) in [7, 11) is 0. The minimum Gasteiger partial charge on any atom is -0.510 e. The number of hydrogen-bond acceptors (Lipinski definition) is 2. The van der Waals surface area contributed by atoms with Gasteiger partial charge in [-0.1, -0.05) is 166 Å². The second kappa shape index (κ2) is 18.1. The van der Waals surface area contributed by atoms with Gasteiger partial charge in [-0.15, -0.1) is 29.7 Å². The summed E-state index contributed by atoms with van der Waals surface area (Å²) in [5.41, 5.74) is 7.90. The van der Waals surface area contributed by atoms with Crippen molar-refractivity contribution < 1.29 is 44.1 Å². The topological polar surface area (TPSA) is 40.8 Å². The number of ether oxygens (including phenoxy) is 1. The Kier molecular flexibility index (Phi) is 8.79. The van der Waals surface area contributed by atoms with Crippen LogP contribution in [0.15, 0.2) is 218 Å². The third-order valence-electron chi connectivity index (χ3n) is 12.8. The van der Waals surface area contributed by atoms with Gasteiger partial charge in [0.05, 0.1) is 41.5 Å². The second-order valence-electron chi connectivity index (χ2n) is 18.7. The predicted molar refractivity (Wildman–Crippen MR) is 288 cm³/mol. The van der Waals surface area contributed by atoms with E-state index >= 15 is 0 Å². The minimum absolute atomic E-state index is 0. The molecule has 7 heteroatoms. The van der Waals surface area contributed by atoms with Crippen molar-refractivity contribution in [3.8, 4) is 56.6 Å². The molecule has 0 N–H and O–H groups in total. The molecule has 13 rings (SSSR count). The third-order valence-corrected chi connectivity index (χ3v) is 12.8. The monoisotopic (exact) mass is 1120 g/mol. The van der Waals surface area contributed by atoms with Gasteiger partial charge in [0.1, 0.15) is 5.82 Å². The Morgan fingerprint density at radius 1 is 0.569 bits per heavy atom. The molecule has 0 aliphatic carbocycles. The summed E-state index contributed by atoms with van der Waals surface area (Å²) >= 11 is 0. The molecule has 0 unspecified atom stereocenters. The van der Waals surface area contributed by atoms with E-state index < -0.39 is 60.4 Å². The van der Waals surface area contributed by atoms with Crippen molar-refractivity contribution in [2.75, 3.05) is 0 Å². The zero-order chi connectivity index (χ0) is 56.3. The number of aromatic nitrogens is 5. The van der Waals surface area contributed by atoms with Crippen molar-refractivity contribution in [2.45, 2.75) is 27.2 Å². The maximum Gasteiger partial charge on any atom is 0.268 e. The molecule has 6 nitrogen and oxygen atoms in total. The molecule has 13 aromatic rings. The van der Waals surface area contributed by atoms with Crippen molar-refractivity contribution >= 4 is 54.6 Å². The molecule has 0 amide bonds. The standard InChI is InChI=1S/C65H47N5O.Pt/c1-65(2,3)42-44-36-37-66-63(38-44)70-59-35-32-48(69-57-28-12-10-24-53(57)54-25-11-13-29-58(54)69)40-56(59)55-34-33-50(41-62(55)70)71-49-23-16-22-47(39-49)67-43-68(61-31-15-14-30-60(61)67)64-51(45-18-6-4-7-19-45)26-17-27-52(64)46-20-8-5-9-21-46;/h4-38,40H,42H2,1-3H3;/q-2;/i4D,5D,6D,7D,8D,9D,18D,19D,20D,21D;. The van der Waals surface area contributed by atoms with Crippen LogP contribution >= 0.6 is 0 Å². The summed E-state index contributed by atoms with van der Waals surface area (Å²) in [5.74, 6) is 1.51. The first kappa shape index (κ1) is 34.9. The van der Waals surface area contributed by atoms with Crippen LogP contribution < -0.4 is 9.30 Å². The van der Waals surface area contributed by atoms with Gasteiger partial charge < -0.3 is 18.4 Å². The van der Waals surface area contributed by atoms with Crippen molar-refractivity contribution in [3.63, 3.8) is 0 Å². The quantitative estimate of drug-likeness (QED) is 0.107. The number of benzene rings is 9. The van der Waals surface area contributed by atoms with Crippen LogP contribution in [0.5, 0.6) is 11.5 Å². The van der Waals surface area contributed by atoms with E-state index in [0.717, 1.165) is 56.3 Å². The molecular weight excluding hydrogens is 1060 g/mol. The van der Waals surface area contributed by atoms with Gasteiger partial charge in [0.25, 0.3) is 6.33 Å². The smallest absolute Gasteiger partial charge is 0.268 e. The molecule has 4 heterocycles. The van der Waals surface area contributed by atoms with Crippen LogP contribution in [0.2, 0.25) is 0 Å². The molecule has 350 valence electrons. The van der Waals surface area contributed by atoms with Gasteiger partial charge in [-0.2, -0.15) is 18.2 Å². The Morgan fingerprint density at radius 2 is 1.19 bits per heavy atom. The van der Waals surface area contributed by atoms with E-state index in [9.17, 15) is 0 Å². The van der Waals surface area contributed by atoms with Crippen molar-refractivity contribution in [2.24, 2.45) is 5.41 Å². The van der Waals surface area contributed by atoms with Crippen LogP contribution in [0.1, 0.15) is 40.0 Å². The second-order valence-corrected chi connectivity index (χ2v) is 18.7. The number of rotatable bonds is 9. The Balaban J connectivity index is 0.00000665. The van der Waals surface area contributed by atoms with Crippen LogP contribution in [0.4, 0.5) is 0 Å². The van der Waals surface area contributed by atoms with E-state index in [1.165, 1.54) is 10.8 Å². The fraction of sp³-hybridized carbons (Fsp3) is 0.0769. The SMILES string of the molecule is [2H]c1c([2H])c([2H])c(-c2cccc(-c3c([2H])c([2H])c([2H])c([2H])c3[2H])c2-[n+]2[c-]n(-c3[c-]c(Oc4[c-]c5c(cc4)c4cc(-n6c7ccccc7c7ccccc76)ccc4n5-c4cc(CC(C)(C)C)ccn4)ccc3)c3ccccc32)c([2H])c1[2H].[Pt]. The number of hydrogen-bond donors (Lipinski definition) is 0. The first-order valence-electron chi connectivity index (χ1n) is 28.3. The van der Waals surface area contributed by atoms with Crippen LogP contribution in [0, 0.1) is 23.9 Å². The van der Waals surface area contributed by atoms with Gasteiger partial charge >= 0.3 is 0 Å². The maximum atomic E-state index is 9.07. The van der Waals surface area contributed by atoms with Gasteiger partial charge in [0.15, 0.2) is 0 Å². The summed E-state index contributed by atoms with van der Waals surface area (Å²) in [6, 6.07) is 50.9. The number of pyridine rings is 1. The zero-order valence-electron chi connectivity index (χ0n) is 49.2. The van der Waals surface area contributed by atoms with E-state index in [1.807, 2.05) is 48.7 Å². The van der Waals surface area contributed by atoms with E-state index in [0.29, 0.717) is 28.2 Å². The molecule has 0 aliphatic heterocycles. The molecule has 0 radical (unpaired) electrons. The first-order chi connectivity index (χ1) is 39.0. The molecule has 0 spiro atoms. The molecule has 72 heavy (non-hydrogen) atoms. The summed E-state index contributed by atoms with van der Waals surface area (Å²) < 4.78 is 102. The zero-order valence-corrected chi connectivity index (χ0v) is 41.5. The maximum absolute atomic E-state index is 9.07. The molecule has 0 saturated heterocycles. The number of imidazole rings is 1. The van der Waals surface area contributed by atoms with Crippen molar-refractivity contribution in [1.82, 2.24) is 18.7 Å². The third kappa shape index (κ3) is 7.89. The van der Waals surface area contributed by atoms with Crippen LogP contribution in [0.3, 0.4) is 0 Å². The normalized spacial score (nSPS) is 13.7. The van der Waals surface area contributed by atoms with Gasteiger partial charge in [0, 0.05) is 60.7 Å². The molecule has 9 aromatic carbocycles. The molecule has 0 atom stereocenters. The Bertz CT molecular complexity index is 4590. The van der Waals surface area contributed by atoms with E-state index in [2.05, 4.69) is 133 Å². The number of fused-ring (bicyclic) bond motifs is 7. The predicted octanol–water partition coefficient (Wildman–Crippen LogP) is 15.6. The Morgan fingerprint density at radius 3 is 1.89 bits per heavy atom. The summed E-state index contributed by atoms with van der Waals surface area (Å²) in [6.07, 6.45) is 6.14. The summed E-state index contributed by atoms with van der Waals surface area (Å²) in [5, 5.41) is 4.31. The number of para-hydroxylation sites is 5. The largest absolute Gasteiger partial charge is 0.510 e. The molecule has 0 saturated carbocycles. The van der Waals surface area contributed by atoms with Gasteiger partial charge in [-0.25, -0.2) is 4.98 Å². The average molecular weight is 1120 g/mol. The molecular formula is C65H47N5OPt-2. The Hall–Kier alpha value is -8.31. The van der Waals surface area contributed by atoms with Gasteiger partial charge in [0.2, 0.25) is 0 Å². The minimum atomic E-state index is -0.575. The first-order valence-corrected chi connectivity index (χ1v) is 23.3. The van der Waals surface area contributed by atoms with E-state index in [1.54, 1.807) is 33.4 Å². The molecule has 0 fully saturated rings. The summed E-state index contributed by atoms with van der Waals surface area (Å²) in [6.45, 7) is 6.66. The average Bonchev–Trinajstić information content (AvgIpc) is 3.37. The van der Waals surface area contributed by atoms with Crippen molar-refractivity contribution in [1.29, 1.82) is 0 Å². The Labute approximate surface area is 447 Å². The summed E-state index contributed by atoms with van der Waals surface area (Å²) in [4.78, 5) is 4.96. The van der Waals surface area contributed by atoms with Gasteiger partial charge in [-0.3, -0.25) is 4.57 Å². The van der Waals surface area contributed by atoms with E-state index in [-0.39, 0.29) is 54.4 Å². The van der Waals surface area contributed by atoms with Crippen molar-refractivity contribution in [3.05, 3.63) is 242 Å². The van der Waals surface area contributed by atoms with Crippen LogP contribution in [-0.2, 0) is 27.5 Å².